The van der Waals surface area contributed by atoms with E-state index in [4.69, 9.17) is 5.73 Å². The Balaban J connectivity index is 1.93. The third-order valence-corrected chi connectivity index (χ3v) is 5.29. The maximum atomic E-state index is 6.17. The number of fused-ring (bicyclic) bond motifs is 1. The highest BCUT2D eigenvalue weighted by molar-refractivity contribution is 9.10. The maximum absolute atomic E-state index is 6.17. The van der Waals surface area contributed by atoms with E-state index in [9.17, 15) is 0 Å². The van der Waals surface area contributed by atoms with Crippen molar-refractivity contribution in [2.24, 2.45) is 11.7 Å². The first kappa shape index (κ1) is 13.4. The first-order chi connectivity index (χ1) is 9.16. The Morgan fingerprint density at radius 3 is 2.84 bits per heavy atom. The lowest BCUT2D eigenvalue weighted by Gasteiger charge is -2.35. The molecule has 0 bridgehead atoms. The number of nitrogens with zero attached hydrogens (tertiary/aromatic N) is 1. The highest BCUT2D eigenvalue weighted by Crippen LogP contribution is 2.41. The van der Waals surface area contributed by atoms with Crippen LogP contribution in [0.3, 0.4) is 0 Å². The smallest absolute Gasteiger partial charge is 0.0417 e. The van der Waals surface area contributed by atoms with E-state index in [2.05, 4.69) is 46.0 Å². The lowest BCUT2D eigenvalue weighted by molar-refractivity contribution is 0.342. The highest BCUT2D eigenvalue weighted by atomic mass is 79.9. The molecule has 2 aliphatic rings. The molecule has 1 saturated heterocycles. The van der Waals surface area contributed by atoms with Crippen LogP contribution in [0, 0.1) is 5.92 Å². The van der Waals surface area contributed by atoms with Crippen LogP contribution >= 0.6 is 15.9 Å². The minimum atomic E-state index is 0.0927. The summed E-state index contributed by atoms with van der Waals surface area (Å²) in [5, 5.41) is 0. The van der Waals surface area contributed by atoms with Gasteiger partial charge in [0, 0.05) is 28.8 Å². The van der Waals surface area contributed by atoms with E-state index in [0.29, 0.717) is 0 Å². The van der Waals surface area contributed by atoms with Gasteiger partial charge in [-0.15, -0.1) is 0 Å². The molecule has 19 heavy (non-hydrogen) atoms. The molecule has 3 atom stereocenters. The molecule has 1 saturated carbocycles. The summed E-state index contributed by atoms with van der Waals surface area (Å²) in [7, 11) is 0. The number of benzene rings is 1. The van der Waals surface area contributed by atoms with Crippen LogP contribution in [0.15, 0.2) is 22.7 Å². The quantitative estimate of drug-likeness (QED) is 0.882. The first-order valence-electron chi connectivity index (χ1n) is 7.48. The Morgan fingerprint density at radius 1 is 1.26 bits per heavy atom. The number of rotatable bonds is 2. The zero-order valence-electron chi connectivity index (χ0n) is 11.6. The van der Waals surface area contributed by atoms with Crippen LogP contribution in [0.4, 0.5) is 5.69 Å². The molecule has 104 valence electrons. The van der Waals surface area contributed by atoms with Gasteiger partial charge in [0.15, 0.2) is 0 Å². The average molecular weight is 323 g/mol. The highest BCUT2D eigenvalue weighted by Gasteiger charge is 2.36. The van der Waals surface area contributed by atoms with Crippen molar-refractivity contribution in [2.45, 2.75) is 51.1 Å². The fourth-order valence-electron chi connectivity index (χ4n) is 3.86. The topological polar surface area (TPSA) is 29.3 Å². The molecule has 2 nitrogen and oxygen atoms in total. The molecule has 0 aromatic heterocycles. The normalized spacial score (nSPS) is 28.3. The Kier molecular flexibility index (Phi) is 3.86. The lowest BCUT2D eigenvalue weighted by atomic mass is 9.85. The van der Waals surface area contributed by atoms with E-state index < -0.39 is 0 Å². The van der Waals surface area contributed by atoms with Crippen molar-refractivity contribution in [2.75, 3.05) is 11.4 Å². The Morgan fingerprint density at radius 2 is 2.05 bits per heavy atom. The predicted molar refractivity (Wildman–Crippen MR) is 84.5 cm³/mol. The van der Waals surface area contributed by atoms with Gasteiger partial charge in [-0.2, -0.15) is 0 Å². The Hall–Kier alpha value is -0.540. The number of anilines is 1. The van der Waals surface area contributed by atoms with Crippen LogP contribution in [0.5, 0.6) is 0 Å². The SMILES string of the molecule is CC(N)c1cc(Br)ccc1N1CCC2CCCCC21. The summed E-state index contributed by atoms with van der Waals surface area (Å²) < 4.78 is 1.13. The van der Waals surface area contributed by atoms with Crippen molar-refractivity contribution in [1.29, 1.82) is 0 Å². The molecule has 3 unspecified atom stereocenters. The molecule has 3 rings (SSSR count). The Labute approximate surface area is 124 Å². The molecule has 1 aromatic carbocycles. The molecule has 0 amide bonds. The maximum Gasteiger partial charge on any atom is 0.0417 e. The molecule has 2 N–H and O–H groups in total. The van der Waals surface area contributed by atoms with Gasteiger partial charge in [-0.3, -0.25) is 0 Å². The molecule has 1 aromatic rings. The van der Waals surface area contributed by atoms with Gasteiger partial charge < -0.3 is 10.6 Å². The molecule has 0 radical (unpaired) electrons. The van der Waals surface area contributed by atoms with E-state index in [0.717, 1.165) is 16.4 Å². The van der Waals surface area contributed by atoms with Gasteiger partial charge in [0.05, 0.1) is 0 Å². The Bertz CT molecular complexity index is 458. The molecular formula is C16H23BrN2. The van der Waals surface area contributed by atoms with E-state index in [1.165, 1.54) is 49.9 Å². The lowest BCUT2D eigenvalue weighted by Crippen LogP contribution is -2.35. The van der Waals surface area contributed by atoms with Crippen LogP contribution in [0.2, 0.25) is 0 Å². The molecule has 1 aliphatic heterocycles. The minimum Gasteiger partial charge on any atom is -0.368 e. The van der Waals surface area contributed by atoms with Crippen molar-refractivity contribution in [1.82, 2.24) is 0 Å². The summed E-state index contributed by atoms with van der Waals surface area (Å²) in [5.74, 6) is 0.915. The van der Waals surface area contributed by atoms with Gasteiger partial charge in [0.25, 0.3) is 0 Å². The van der Waals surface area contributed by atoms with Crippen LogP contribution in [0.25, 0.3) is 0 Å². The van der Waals surface area contributed by atoms with Crippen LogP contribution in [-0.2, 0) is 0 Å². The second kappa shape index (κ2) is 5.45. The summed E-state index contributed by atoms with van der Waals surface area (Å²) in [6.07, 6.45) is 6.96. The molecular weight excluding hydrogens is 300 g/mol. The van der Waals surface area contributed by atoms with Crippen molar-refractivity contribution in [3.8, 4) is 0 Å². The van der Waals surface area contributed by atoms with Gasteiger partial charge in [-0.25, -0.2) is 0 Å². The molecule has 2 fully saturated rings. The van der Waals surface area contributed by atoms with Gasteiger partial charge in [-0.05, 0) is 55.9 Å². The number of hydrogen-bond acceptors (Lipinski definition) is 2. The van der Waals surface area contributed by atoms with E-state index in [1.807, 2.05) is 0 Å². The number of hydrogen-bond donors (Lipinski definition) is 1. The van der Waals surface area contributed by atoms with Gasteiger partial charge in [-0.1, -0.05) is 28.8 Å². The standard InChI is InChI=1S/C16H23BrN2/c1-11(18)14-10-13(17)6-7-16(14)19-9-8-12-4-2-3-5-15(12)19/h6-7,10-12,15H,2-5,8-9,18H2,1H3. The second-order valence-electron chi connectivity index (χ2n) is 6.09. The van der Waals surface area contributed by atoms with E-state index >= 15 is 0 Å². The second-order valence-corrected chi connectivity index (χ2v) is 7.00. The molecule has 1 aliphatic carbocycles. The monoisotopic (exact) mass is 322 g/mol. The van der Waals surface area contributed by atoms with Crippen molar-refractivity contribution in [3.63, 3.8) is 0 Å². The molecule has 0 spiro atoms. The van der Waals surface area contributed by atoms with Crippen molar-refractivity contribution in [3.05, 3.63) is 28.2 Å². The molecule has 3 heteroatoms. The third-order valence-electron chi connectivity index (χ3n) is 4.80. The summed E-state index contributed by atoms with van der Waals surface area (Å²) in [6.45, 7) is 3.29. The zero-order valence-corrected chi connectivity index (χ0v) is 13.2. The summed E-state index contributed by atoms with van der Waals surface area (Å²) in [6, 6.07) is 7.44. The van der Waals surface area contributed by atoms with Gasteiger partial charge in [0.1, 0.15) is 0 Å². The van der Waals surface area contributed by atoms with Crippen molar-refractivity contribution >= 4 is 21.6 Å². The predicted octanol–water partition coefficient (Wildman–Crippen LogP) is 4.24. The largest absolute Gasteiger partial charge is 0.368 e. The van der Waals surface area contributed by atoms with E-state index in [1.54, 1.807) is 0 Å². The van der Waals surface area contributed by atoms with E-state index in [-0.39, 0.29) is 6.04 Å². The summed E-state index contributed by atoms with van der Waals surface area (Å²) >= 11 is 3.57. The molecule has 1 heterocycles. The van der Waals surface area contributed by atoms with Crippen LogP contribution in [0.1, 0.15) is 50.6 Å². The minimum absolute atomic E-state index is 0.0927. The zero-order chi connectivity index (χ0) is 13.4. The van der Waals surface area contributed by atoms with Gasteiger partial charge >= 0.3 is 0 Å². The van der Waals surface area contributed by atoms with Crippen LogP contribution < -0.4 is 10.6 Å². The summed E-state index contributed by atoms with van der Waals surface area (Å²) in [4.78, 5) is 2.63. The average Bonchev–Trinajstić information content (AvgIpc) is 2.82. The third kappa shape index (κ3) is 2.55. The van der Waals surface area contributed by atoms with Crippen molar-refractivity contribution < 1.29 is 0 Å². The number of halogens is 1. The van der Waals surface area contributed by atoms with Gasteiger partial charge in [0.2, 0.25) is 0 Å². The van der Waals surface area contributed by atoms with Crippen LogP contribution in [-0.4, -0.2) is 12.6 Å². The fraction of sp³-hybridized carbons (Fsp3) is 0.625. The summed E-state index contributed by atoms with van der Waals surface area (Å²) in [5.41, 5.74) is 8.82. The fourth-order valence-corrected chi connectivity index (χ4v) is 4.24. The first-order valence-corrected chi connectivity index (χ1v) is 8.28. The number of nitrogens with two attached hydrogens (primary N) is 1.